The molecule has 1 aliphatic heterocycles. The summed E-state index contributed by atoms with van der Waals surface area (Å²) >= 11 is 5.91. The van der Waals surface area contributed by atoms with Crippen LogP contribution in [0.15, 0.2) is 48.5 Å². The number of benzene rings is 2. The van der Waals surface area contributed by atoms with E-state index in [4.69, 9.17) is 11.6 Å². The molecule has 0 radical (unpaired) electrons. The molecule has 2 aromatic carbocycles. The molecular formula is C19H23ClN2O2S. The van der Waals surface area contributed by atoms with Gasteiger partial charge in [0.2, 0.25) is 10.0 Å². The molecule has 1 heterocycles. The predicted octanol–water partition coefficient (Wildman–Crippen LogP) is 3.30. The Hall–Kier alpha value is -1.40. The van der Waals surface area contributed by atoms with Gasteiger partial charge in [0.05, 0.1) is 5.75 Å². The van der Waals surface area contributed by atoms with E-state index < -0.39 is 10.0 Å². The van der Waals surface area contributed by atoms with Crippen LogP contribution in [0, 0.1) is 6.92 Å². The monoisotopic (exact) mass is 378 g/mol. The Morgan fingerprint density at radius 2 is 1.64 bits per heavy atom. The van der Waals surface area contributed by atoms with Crippen molar-refractivity contribution in [2.45, 2.75) is 19.2 Å². The summed E-state index contributed by atoms with van der Waals surface area (Å²) < 4.78 is 26.9. The zero-order chi connectivity index (χ0) is 17.9. The van der Waals surface area contributed by atoms with Gasteiger partial charge in [0.15, 0.2) is 0 Å². The molecule has 0 saturated carbocycles. The molecule has 0 atom stereocenters. The molecular weight excluding hydrogens is 356 g/mol. The summed E-state index contributed by atoms with van der Waals surface area (Å²) in [5, 5.41) is 0.732. The van der Waals surface area contributed by atoms with Crippen molar-refractivity contribution in [1.82, 2.24) is 9.21 Å². The highest BCUT2D eigenvalue weighted by Crippen LogP contribution is 2.17. The summed E-state index contributed by atoms with van der Waals surface area (Å²) in [5.74, 6) is 0.0753. The number of rotatable bonds is 5. The molecule has 0 unspecified atom stereocenters. The van der Waals surface area contributed by atoms with E-state index in [1.807, 2.05) is 55.5 Å². The van der Waals surface area contributed by atoms with Gasteiger partial charge in [0, 0.05) is 37.7 Å². The first-order valence-corrected chi connectivity index (χ1v) is 10.4. The second kappa shape index (κ2) is 7.87. The lowest BCUT2D eigenvalue weighted by atomic mass is 10.2. The van der Waals surface area contributed by atoms with Gasteiger partial charge in [-0.05, 0) is 30.2 Å². The van der Waals surface area contributed by atoms with Crippen LogP contribution >= 0.6 is 11.6 Å². The van der Waals surface area contributed by atoms with Crippen molar-refractivity contribution in [2.24, 2.45) is 0 Å². The van der Waals surface area contributed by atoms with Crippen LogP contribution in [0.3, 0.4) is 0 Å². The fraction of sp³-hybridized carbons (Fsp3) is 0.368. The summed E-state index contributed by atoms with van der Waals surface area (Å²) in [5.41, 5.74) is 3.13. The van der Waals surface area contributed by atoms with Crippen LogP contribution < -0.4 is 0 Å². The fourth-order valence-corrected chi connectivity index (χ4v) is 4.75. The highest BCUT2D eigenvalue weighted by molar-refractivity contribution is 7.88. The summed E-state index contributed by atoms with van der Waals surface area (Å²) in [4.78, 5) is 2.28. The topological polar surface area (TPSA) is 40.6 Å². The number of hydrogen-bond donors (Lipinski definition) is 0. The van der Waals surface area contributed by atoms with Gasteiger partial charge in [-0.2, -0.15) is 4.31 Å². The average Bonchev–Trinajstić information content (AvgIpc) is 2.57. The standard InChI is InChI=1S/C19H23ClN2O2S/c1-16-3-2-4-18(13-16)15-25(23,24)22-11-9-21(10-12-22)14-17-5-7-19(20)8-6-17/h2-8,13H,9-12,14-15H2,1H3. The molecule has 2 aromatic rings. The first-order chi connectivity index (χ1) is 11.9. The minimum absolute atomic E-state index is 0.0753. The SMILES string of the molecule is Cc1cccc(CS(=O)(=O)N2CCN(Cc3ccc(Cl)cc3)CC2)c1. The minimum atomic E-state index is -3.27. The second-order valence-corrected chi connectivity index (χ2v) is 8.95. The first-order valence-electron chi connectivity index (χ1n) is 8.42. The van der Waals surface area contributed by atoms with Gasteiger partial charge >= 0.3 is 0 Å². The van der Waals surface area contributed by atoms with Gasteiger partial charge in [-0.25, -0.2) is 8.42 Å². The molecule has 1 aliphatic rings. The zero-order valence-corrected chi connectivity index (χ0v) is 15.9. The zero-order valence-electron chi connectivity index (χ0n) is 14.4. The van der Waals surface area contributed by atoms with E-state index in [9.17, 15) is 8.42 Å². The maximum atomic E-state index is 12.7. The largest absolute Gasteiger partial charge is 0.296 e. The van der Waals surface area contributed by atoms with Crippen molar-refractivity contribution in [3.8, 4) is 0 Å². The van der Waals surface area contributed by atoms with Crippen molar-refractivity contribution in [3.05, 3.63) is 70.2 Å². The molecule has 134 valence electrons. The second-order valence-electron chi connectivity index (χ2n) is 6.55. The van der Waals surface area contributed by atoms with Gasteiger partial charge in [-0.3, -0.25) is 4.90 Å². The summed E-state index contributed by atoms with van der Waals surface area (Å²) in [6, 6.07) is 15.5. The Morgan fingerprint density at radius 3 is 2.28 bits per heavy atom. The Balaban J connectivity index is 1.56. The van der Waals surface area contributed by atoms with E-state index in [-0.39, 0.29) is 5.75 Å². The Morgan fingerprint density at radius 1 is 0.960 bits per heavy atom. The third-order valence-electron chi connectivity index (χ3n) is 4.48. The van der Waals surface area contributed by atoms with Gasteiger partial charge in [-0.1, -0.05) is 53.6 Å². The van der Waals surface area contributed by atoms with E-state index in [0.29, 0.717) is 13.1 Å². The lowest BCUT2D eigenvalue weighted by Gasteiger charge is -2.34. The Kier molecular flexibility index (Phi) is 5.79. The van der Waals surface area contributed by atoms with Crippen LogP contribution in [0.4, 0.5) is 0 Å². The van der Waals surface area contributed by atoms with E-state index in [2.05, 4.69) is 4.90 Å². The smallest absolute Gasteiger partial charge is 0.218 e. The number of aryl methyl sites for hydroxylation is 1. The molecule has 0 amide bonds. The van der Waals surface area contributed by atoms with Gasteiger partial charge in [0.1, 0.15) is 0 Å². The normalized spacial score (nSPS) is 16.9. The summed E-state index contributed by atoms with van der Waals surface area (Å²) in [6.07, 6.45) is 0. The van der Waals surface area contributed by atoms with Crippen LogP contribution in [0.5, 0.6) is 0 Å². The third kappa shape index (κ3) is 5.05. The summed E-state index contributed by atoms with van der Waals surface area (Å²) in [6.45, 7) is 5.38. The van der Waals surface area contributed by atoms with Gasteiger partial charge in [-0.15, -0.1) is 0 Å². The van der Waals surface area contributed by atoms with Crippen LogP contribution in [-0.2, 0) is 22.3 Å². The van der Waals surface area contributed by atoms with Crippen molar-refractivity contribution in [3.63, 3.8) is 0 Å². The van der Waals surface area contributed by atoms with Crippen molar-refractivity contribution >= 4 is 21.6 Å². The van der Waals surface area contributed by atoms with E-state index in [1.165, 1.54) is 5.56 Å². The van der Waals surface area contributed by atoms with Gasteiger partial charge in [0.25, 0.3) is 0 Å². The lowest BCUT2D eigenvalue weighted by Crippen LogP contribution is -2.48. The fourth-order valence-electron chi connectivity index (χ4n) is 3.12. The first kappa shape index (κ1) is 18.4. The van der Waals surface area contributed by atoms with Gasteiger partial charge < -0.3 is 0 Å². The van der Waals surface area contributed by atoms with E-state index in [0.717, 1.165) is 35.8 Å². The third-order valence-corrected chi connectivity index (χ3v) is 6.58. The number of sulfonamides is 1. The molecule has 3 rings (SSSR count). The van der Waals surface area contributed by atoms with Crippen LogP contribution in [0.2, 0.25) is 5.02 Å². The quantitative estimate of drug-likeness (QED) is 0.801. The summed E-state index contributed by atoms with van der Waals surface area (Å²) in [7, 11) is -3.27. The number of halogens is 1. The minimum Gasteiger partial charge on any atom is -0.296 e. The molecule has 0 N–H and O–H groups in total. The highest BCUT2D eigenvalue weighted by atomic mass is 35.5. The molecule has 6 heteroatoms. The number of hydrogen-bond acceptors (Lipinski definition) is 3. The highest BCUT2D eigenvalue weighted by Gasteiger charge is 2.27. The van der Waals surface area contributed by atoms with Crippen LogP contribution in [0.1, 0.15) is 16.7 Å². The van der Waals surface area contributed by atoms with Crippen molar-refractivity contribution in [2.75, 3.05) is 26.2 Å². The van der Waals surface area contributed by atoms with E-state index >= 15 is 0 Å². The lowest BCUT2D eigenvalue weighted by molar-refractivity contribution is 0.181. The predicted molar refractivity (Wildman–Crippen MR) is 102 cm³/mol. The van der Waals surface area contributed by atoms with Crippen LogP contribution in [-0.4, -0.2) is 43.8 Å². The molecule has 0 aromatic heterocycles. The molecule has 4 nitrogen and oxygen atoms in total. The maximum Gasteiger partial charge on any atom is 0.218 e. The molecule has 1 fully saturated rings. The number of piperazine rings is 1. The Bertz CT molecular complexity index is 814. The van der Waals surface area contributed by atoms with Crippen molar-refractivity contribution in [1.29, 1.82) is 0 Å². The molecule has 0 aliphatic carbocycles. The van der Waals surface area contributed by atoms with Crippen LogP contribution in [0.25, 0.3) is 0 Å². The Labute approximate surface area is 155 Å². The molecule has 0 bridgehead atoms. The van der Waals surface area contributed by atoms with E-state index in [1.54, 1.807) is 4.31 Å². The van der Waals surface area contributed by atoms with Crippen molar-refractivity contribution < 1.29 is 8.42 Å². The molecule has 0 spiro atoms. The molecule has 25 heavy (non-hydrogen) atoms. The average molecular weight is 379 g/mol. The molecule has 1 saturated heterocycles. The number of nitrogens with zero attached hydrogens (tertiary/aromatic N) is 2. The maximum absolute atomic E-state index is 12.7.